The Balaban J connectivity index is 1.31. The molecule has 0 aliphatic heterocycles. The molecular weight excluding hydrogens is 344 g/mol. The lowest BCUT2D eigenvalue weighted by Gasteiger charge is -2.07. The lowest BCUT2D eigenvalue weighted by atomic mass is 10.1. The van der Waals surface area contributed by atoms with E-state index in [1.54, 1.807) is 0 Å². The zero-order chi connectivity index (χ0) is 16.7. The van der Waals surface area contributed by atoms with Crippen LogP contribution < -0.4 is 5.32 Å². The van der Waals surface area contributed by atoms with Gasteiger partial charge in [-0.15, -0.1) is 0 Å². The molecule has 0 bridgehead atoms. The molecule has 0 saturated heterocycles. The van der Waals surface area contributed by atoms with E-state index in [9.17, 15) is 4.79 Å². The van der Waals surface area contributed by atoms with Crippen LogP contribution in [0.25, 0.3) is 0 Å². The molecule has 1 heterocycles. The lowest BCUT2D eigenvalue weighted by molar-refractivity contribution is -0.122. The molecule has 2 N–H and O–H groups in total. The molecule has 1 amide bonds. The SMILES string of the molecule is O=C(NCCc1n[nH]c(=S)n1C1CC1)[C@H]1C[C@@H]1c1ccccc1Cl. The number of benzene rings is 1. The first-order valence-corrected chi connectivity index (χ1v) is 9.11. The topological polar surface area (TPSA) is 62.7 Å². The number of nitrogens with zero attached hydrogens (tertiary/aromatic N) is 2. The van der Waals surface area contributed by atoms with E-state index in [1.165, 1.54) is 0 Å². The van der Waals surface area contributed by atoms with E-state index in [4.69, 9.17) is 23.8 Å². The minimum Gasteiger partial charge on any atom is -0.355 e. The van der Waals surface area contributed by atoms with Crippen LogP contribution in [0.3, 0.4) is 0 Å². The molecule has 5 nitrogen and oxygen atoms in total. The van der Waals surface area contributed by atoms with E-state index >= 15 is 0 Å². The van der Waals surface area contributed by atoms with Crippen molar-refractivity contribution in [2.45, 2.75) is 37.6 Å². The van der Waals surface area contributed by atoms with E-state index in [1.807, 2.05) is 24.3 Å². The summed E-state index contributed by atoms with van der Waals surface area (Å²) in [4.78, 5) is 12.3. The Morgan fingerprint density at radius 1 is 1.42 bits per heavy atom. The summed E-state index contributed by atoms with van der Waals surface area (Å²) in [5.74, 6) is 1.32. The van der Waals surface area contributed by atoms with Crippen molar-refractivity contribution in [3.8, 4) is 0 Å². The summed E-state index contributed by atoms with van der Waals surface area (Å²) in [7, 11) is 0. The van der Waals surface area contributed by atoms with Gasteiger partial charge in [0, 0.05) is 29.9 Å². The van der Waals surface area contributed by atoms with Crippen LogP contribution in [0.1, 0.15) is 42.6 Å². The van der Waals surface area contributed by atoms with E-state index in [0.717, 1.165) is 35.7 Å². The highest BCUT2D eigenvalue weighted by Gasteiger charge is 2.44. The van der Waals surface area contributed by atoms with Gasteiger partial charge in [-0.3, -0.25) is 9.89 Å². The highest BCUT2D eigenvalue weighted by molar-refractivity contribution is 7.71. The number of carbonyl (C=O) groups is 1. The van der Waals surface area contributed by atoms with Gasteiger partial charge in [0.15, 0.2) is 4.77 Å². The summed E-state index contributed by atoms with van der Waals surface area (Å²) in [6.07, 6.45) is 3.89. The Kier molecular flexibility index (Phi) is 4.18. The van der Waals surface area contributed by atoms with E-state index in [0.29, 0.717) is 23.8 Å². The highest BCUT2D eigenvalue weighted by atomic mass is 35.5. The summed E-state index contributed by atoms with van der Waals surface area (Å²) < 4.78 is 2.77. The number of carbonyl (C=O) groups excluding carboxylic acids is 1. The lowest BCUT2D eigenvalue weighted by Crippen LogP contribution is -2.28. The Bertz CT molecular complexity index is 826. The predicted molar refractivity (Wildman–Crippen MR) is 94.7 cm³/mol. The van der Waals surface area contributed by atoms with Gasteiger partial charge in [-0.2, -0.15) is 5.10 Å². The van der Waals surface area contributed by atoms with Crippen LogP contribution in [0, 0.1) is 10.7 Å². The maximum atomic E-state index is 12.3. The molecular formula is C17H19ClN4OS. The van der Waals surface area contributed by atoms with Crippen LogP contribution in [0.4, 0.5) is 0 Å². The molecule has 4 rings (SSSR count). The van der Waals surface area contributed by atoms with Crippen molar-refractivity contribution in [3.63, 3.8) is 0 Å². The molecule has 24 heavy (non-hydrogen) atoms. The maximum Gasteiger partial charge on any atom is 0.223 e. The zero-order valence-electron chi connectivity index (χ0n) is 13.2. The molecule has 0 radical (unpaired) electrons. The van der Waals surface area contributed by atoms with Gasteiger partial charge < -0.3 is 9.88 Å². The Hall–Kier alpha value is -1.66. The third kappa shape index (κ3) is 3.13. The van der Waals surface area contributed by atoms with Gasteiger partial charge in [-0.05, 0) is 49.0 Å². The monoisotopic (exact) mass is 362 g/mol. The van der Waals surface area contributed by atoms with Crippen LogP contribution in [0.2, 0.25) is 5.02 Å². The average Bonchev–Trinajstić information content (AvgIpc) is 3.48. The van der Waals surface area contributed by atoms with Gasteiger partial charge in [-0.1, -0.05) is 29.8 Å². The smallest absolute Gasteiger partial charge is 0.223 e. The third-order valence-corrected chi connectivity index (χ3v) is 5.40. The average molecular weight is 363 g/mol. The Labute approximate surface area is 150 Å². The largest absolute Gasteiger partial charge is 0.355 e. The molecule has 2 atom stereocenters. The number of H-pyrrole nitrogens is 1. The summed E-state index contributed by atoms with van der Waals surface area (Å²) in [6.45, 7) is 0.580. The van der Waals surface area contributed by atoms with Crippen LogP contribution >= 0.6 is 23.8 Å². The van der Waals surface area contributed by atoms with Crippen LogP contribution in [-0.4, -0.2) is 27.2 Å². The number of rotatable bonds is 6. The number of aromatic amines is 1. The number of nitrogens with one attached hydrogen (secondary N) is 2. The molecule has 126 valence electrons. The number of hydrogen-bond donors (Lipinski definition) is 2. The third-order valence-electron chi connectivity index (χ3n) is 4.77. The molecule has 2 aliphatic carbocycles. The normalized spacial score (nSPS) is 22.4. The second kappa shape index (κ2) is 6.33. The molecule has 1 aromatic heterocycles. The van der Waals surface area contributed by atoms with Gasteiger partial charge in [0.1, 0.15) is 5.82 Å². The summed E-state index contributed by atoms with van der Waals surface area (Å²) >= 11 is 11.5. The molecule has 2 fully saturated rings. The van der Waals surface area contributed by atoms with Crippen molar-refractivity contribution in [1.82, 2.24) is 20.1 Å². The van der Waals surface area contributed by atoms with Crippen LogP contribution in [0.5, 0.6) is 0 Å². The minimum atomic E-state index is 0.0363. The molecule has 2 saturated carbocycles. The summed E-state index contributed by atoms with van der Waals surface area (Å²) in [6, 6.07) is 8.26. The van der Waals surface area contributed by atoms with Crippen molar-refractivity contribution >= 4 is 29.7 Å². The standard InChI is InChI=1S/C17H19ClN4OS/c18-14-4-2-1-3-11(14)12-9-13(12)16(23)19-8-7-15-20-21-17(24)22(15)10-5-6-10/h1-4,10,12-13H,5-9H2,(H,19,23)(H,21,24)/t12-,13+/m1/s1. The van der Waals surface area contributed by atoms with Crippen LogP contribution in [-0.2, 0) is 11.2 Å². The van der Waals surface area contributed by atoms with Gasteiger partial charge in [0.25, 0.3) is 0 Å². The van der Waals surface area contributed by atoms with Gasteiger partial charge in [-0.25, -0.2) is 0 Å². The zero-order valence-corrected chi connectivity index (χ0v) is 14.7. The van der Waals surface area contributed by atoms with Gasteiger partial charge in [0.05, 0.1) is 0 Å². The summed E-state index contributed by atoms with van der Waals surface area (Å²) in [5, 5.41) is 10.9. The van der Waals surface area contributed by atoms with Crippen molar-refractivity contribution in [1.29, 1.82) is 0 Å². The number of halogens is 1. The van der Waals surface area contributed by atoms with E-state index in [2.05, 4.69) is 20.1 Å². The van der Waals surface area contributed by atoms with Crippen molar-refractivity contribution in [2.24, 2.45) is 5.92 Å². The molecule has 2 aromatic rings. The molecule has 0 spiro atoms. The fourth-order valence-electron chi connectivity index (χ4n) is 3.26. The Morgan fingerprint density at radius 3 is 2.96 bits per heavy atom. The van der Waals surface area contributed by atoms with Gasteiger partial charge >= 0.3 is 0 Å². The minimum absolute atomic E-state index is 0.0363. The highest BCUT2D eigenvalue weighted by Crippen LogP contribution is 2.49. The predicted octanol–water partition coefficient (Wildman–Crippen LogP) is 3.39. The van der Waals surface area contributed by atoms with E-state index in [-0.39, 0.29) is 17.7 Å². The molecule has 2 aliphatic rings. The fourth-order valence-corrected chi connectivity index (χ4v) is 3.83. The fraction of sp³-hybridized carbons (Fsp3) is 0.471. The molecule has 0 unspecified atom stereocenters. The van der Waals surface area contributed by atoms with E-state index < -0.39 is 0 Å². The molecule has 7 heteroatoms. The Morgan fingerprint density at radius 2 is 2.21 bits per heavy atom. The first kappa shape index (κ1) is 15.8. The van der Waals surface area contributed by atoms with Crippen molar-refractivity contribution in [3.05, 3.63) is 45.4 Å². The quantitative estimate of drug-likeness (QED) is 0.774. The van der Waals surface area contributed by atoms with Crippen molar-refractivity contribution < 1.29 is 4.79 Å². The number of aromatic nitrogens is 3. The maximum absolute atomic E-state index is 12.3. The number of hydrogen-bond acceptors (Lipinski definition) is 3. The second-order valence-corrected chi connectivity index (χ2v) is 7.35. The van der Waals surface area contributed by atoms with Crippen LogP contribution in [0.15, 0.2) is 24.3 Å². The molecule has 1 aromatic carbocycles. The first-order valence-electron chi connectivity index (χ1n) is 8.33. The van der Waals surface area contributed by atoms with Gasteiger partial charge in [0.2, 0.25) is 5.91 Å². The second-order valence-electron chi connectivity index (χ2n) is 6.56. The number of amides is 1. The van der Waals surface area contributed by atoms with Crippen molar-refractivity contribution in [2.75, 3.05) is 6.54 Å². The summed E-state index contributed by atoms with van der Waals surface area (Å²) in [5.41, 5.74) is 1.08. The first-order chi connectivity index (χ1) is 11.6.